The second kappa shape index (κ2) is 8.63. The van der Waals surface area contributed by atoms with Crippen molar-refractivity contribution in [2.24, 2.45) is 0 Å². The summed E-state index contributed by atoms with van der Waals surface area (Å²) in [5.74, 6) is 0. The van der Waals surface area contributed by atoms with Gasteiger partial charge in [0.05, 0.1) is 16.9 Å². The van der Waals surface area contributed by atoms with E-state index in [0.29, 0.717) is 12.1 Å². The summed E-state index contributed by atoms with van der Waals surface area (Å²) in [6.45, 7) is 8.40. The number of nitriles is 1. The molecule has 158 valence electrons. The summed E-state index contributed by atoms with van der Waals surface area (Å²) in [7, 11) is 0. The maximum atomic E-state index is 10.2. The Kier molecular flexibility index (Phi) is 5.91. The highest BCUT2D eigenvalue weighted by Crippen LogP contribution is 2.28. The van der Waals surface area contributed by atoms with Gasteiger partial charge in [0.2, 0.25) is 0 Å². The van der Waals surface area contributed by atoms with Gasteiger partial charge in [0.25, 0.3) is 0 Å². The predicted octanol–water partition coefficient (Wildman–Crippen LogP) is 4.65. The molecule has 2 aromatic carbocycles. The fourth-order valence-electron chi connectivity index (χ4n) is 4.49. The third-order valence-corrected chi connectivity index (χ3v) is 5.92. The second-order valence-electron chi connectivity index (χ2n) is 9.20. The zero-order valence-electron chi connectivity index (χ0n) is 18.5. The van der Waals surface area contributed by atoms with Gasteiger partial charge in [-0.2, -0.15) is 5.26 Å². The van der Waals surface area contributed by atoms with E-state index >= 15 is 0 Å². The molecule has 3 aromatic rings. The van der Waals surface area contributed by atoms with Gasteiger partial charge in [-0.1, -0.05) is 30.3 Å². The van der Waals surface area contributed by atoms with E-state index in [1.54, 1.807) is 6.20 Å². The second-order valence-corrected chi connectivity index (χ2v) is 9.20. The van der Waals surface area contributed by atoms with Gasteiger partial charge in [-0.25, -0.2) is 0 Å². The van der Waals surface area contributed by atoms with Crippen LogP contribution in [0.4, 0.5) is 0 Å². The molecule has 0 spiro atoms. The van der Waals surface area contributed by atoms with E-state index < -0.39 is 5.60 Å². The van der Waals surface area contributed by atoms with Crippen molar-refractivity contribution in [2.45, 2.75) is 45.8 Å². The first-order valence-electron chi connectivity index (χ1n) is 10.8. The van der Waals surface area contributed by atoms with Gasteiger partial charge < -0.3 is 5.11 Å². The summed E-state index contributed by atoms with van der Waals surface area (Å²) in [4.78, 5) is 6.83. The minimum Gasteiger partial charge on any atom is -0.389 e. The van der Waals surface area contributed by atoms with Gasteiger partial charge in [-0.15, -0.1) is 0 Å². The van der Waals surface area contributed by atoms with Crippen LogP contribution in [0.25, 0.3) is 11.3 Å². The molecule has 1 aliphatic heterocycles. The number of hydrogen-bond acceptors (Lipinski definition) is 4. The molecule has 0 unspecified atom stereocenters. The Morgan fingerprint density at radius 3 is 2.71 bits per heavy atom. The number of pyridine rings is 1. The number of hydrogen-bond donors (Lipinski definition) is 1. The Morgan fingerprint density at radius 1 is 1.16 bits per heavy atom. The molecule has 0 radical (unpaired) electrons. The van der Waals surface area contributed by atoms with Gasteiger partial charge in [-0.05, 0) is 79.6 Å². The van der Waals surface area contributed by atoms with Crippen molar-refractivity contribution in [1.82, 2.24) is 9.88 Å². The number of aliphatic hydroxyl groups is 1. The maximum Gasteiger partial charge on any atom is 0.101 e. The molecular formula is C27H29N3O. The zero-order valence-corrected chi connectivity index (χ0v) is 18.5. The van der Waals surface area contributed by atoms with Gasteiger partial charge >= 0.3 is 0 Å². The summed E-state index contributed by atoms with van der Waals surface area (Å²) in [6.07, 6.45) is 3.53. The van der Waals surface area contributed by atoms with Gasteiger partial charge in [0, 0.05) is 31.4 Å². The van der Waals surface area contributed by atoms with Crippen molar-refractivity contribution in [1.29, 1.82) is 5.26 Å². The van der Waals surface area contributed by atoms with Crippen LogP contribution >= 0.6 is 0 Å². The third-order valence-electron chi connectivity index (χ3n) is 5.92. The lowest BCUT2D eigenvalue weighted by Gasteiger charge is -2.34. The van der Waals surface area contributed by atoms with Crippen LogP contribution in [0.2, 0.25) is 0 Å². The fourth-order valence-corrected chi connectivity index (χ4v) is 4.49. The molecule has 0 aliphatic carbocycles. The van der Waals surface area contributed by atoms with Crippen LogP contribution in [-0.4, -0.2) is 33.7 Å². The highest BCUT2D eigenvalue weighted by atomic mass is 16.3. The molecule has 2 heterocycles. The van der Waals surface area contributed by atoms with E-state index in [9.17, 15) is 5.11 Å². The molecule has 1 N–H and O–H groups in total. The van der Waals surface area contributed by atoms with Crippen LogP contribution in [-0.2, 0) is 19.4 Å². The largest absolute Gasteiger partial charge is 0.389 e. The molecule has 4 rings (SSSR count). The third kappa shape index (κ3) is 5.02. The minimum absolute atomic E-state index is 0.576. The topological polar surface area (TPSA) is 60.1 Å². The minimum atomic E-state index is -0.674. The monoisotopic (exact) mass is 411 g/mol. The summed E-state index contributed by atoms with van der Waals surface area (Å²) >= 11 is 0. The first kappa shape index (κ1) is 21.2. The van der Waals surface area contributed by atoms with E-state index in [0.717, 1.165) is 37.2 Å². The van der Waals surface area contributed by atoms with Crippen LogP contribution in [0.15, 0.2) is 54.7 Å². The molecule has 31 heavy (non-hydrogen) atoms. The van der Waals surface area contributed by atoms with Crippen LogP contribution in [0.1, 0.15) is 47.2 Å². The van der Waals surface area contributed by atoms with Gasteiger partial charge in [0.1, 0.15) is 6.07 Å². The number of rotatable bonds is 5. The molecule has 4 heteroatoms. The Bertz CT molecular complexity index is 1120. The average molecular weight is 412 g/mol. The molecular weight excluding hydrogens is 382 g/mol. The summed E-state index contributed by atoms with van der Waals surface area (Å²) < 4.78 is 0. The van der Waals surface area contributed by atoms with Crippen LogP contribution in [0.3, 0.4) is 0 Å². The van der Waals surface area contributed by atoms with Gasteiger partial charge in [-0.3, -0.25) is 9.88 Å². The van der Waals surface area contributed by atoms with Crippen molar-refractivity contribution in [3.63, 3.8) is 0 Å². The van der Waals surface area contributed by atoms with Crippen molar-refractivity contribution in [3.8, 4) is 17.3 Å². The van der Waals surface area contributed by atoms with E-state index in [1.807, 2.05) is 26.0 Å². The molecule has 0 bridgehead atoms. The molecule has 1 aliphatic rings. The predicted molar refractivity (Wildman–Crippen MR) is 124 cm³/mol. The van der Waals surface area contributed by atoms with Crippen LogP contribution in [0.5, 0.6) is 0 Å². The SMILES string of the molecule is Cc1ccc(Cc2cccc3c2CCN(CC(C)(C)O)C3)cc1-c1ccc(C#N)cn1. The Labute approximate surface area is 184 Å². The lowest BCUT2D eigenvalue weighted by molar-refractivity contribution is 0.0317. The van der Waals surface area contributed by atoms with Crippen molar-refractivity contribution in [3.05, 3.63) is 88.1 Å². The fraction of sp³-hybridized carbons (Fsp3) is 0.333. The van der Waals surface area contributed by atoms with Crippen LogP contribution < -0.4 is 0 Å². The van der Waals surface area contributed by atoms with E-state index in [-0.39, 0.29) is 0 Å². The first-order valence-corrected chi connectivity index (χ1v) is 10.8. The maximum absolute atomic E-state index is 10.2. The quantitative estimate of drug-likeness (QED) is 0.664. The van der Waals surface area contributed by atoms with Crippen molar-refractivity contribution >= 4 is 0 Å². The molecule has 0 saturated heterocycles. The zero-order chi connectivity index (χ0) is 22.0. The molecule has 0 amide bonds. The number of fused-ring (bicyclic) bond motifs is 1. The summed E-state index contributed by atoms with van der Waals surface area (Å²) in [6, 6.07) is 19.1. The molecule has 0 atom stereocenters. The normalized spacial score (nSPS) is 14.2. The lowest BCUT2D eigenvalue weighted by Crippen LogP contribution is -2.41. The van der Waals surface area contributed by atoms with Gasteiger partial charge in [0.15, 0.2) is 0 Å². The Balaban J connectivity index is 1.58. The van der Waals surface area contributed by atoms with E-state index in [2.05, 4.69) is 59.3 Å². The Hall–Kier alpha value is -3.00. The highest BCUT2D eigenvalue weighted by molar-refractivity contribution is 5.65. The highest BCUT2D eigenvalue weighted by Gasteiger charge is 2.23. The number of β-amino-alcohol motifs (C(OH)–C–C–N with tert-alkyl or cyclic N) is 1. The van der Waals surface area contributed by atoms with E-state index in [1.165, 1.54) is 27.8 Å². The number of benzene rings is 2. The van der Waals surface area contributed by atoms with Crippen LogP contribution in [0, 0.1) is 18.3 Å². The number of aryl methyl sites for hydroxylation is 1. The molecule has 4 nitrogen and oxygen atoms in total. The standard InChI is InChI=1S/C27H29N3O/c1-19-7-8-20(14-25(19)26-10-9-21(15-28)16-29-26)13-22-5-4-6-23-17-30(12-11-24(22)23)18-27(2,3)31/h4-10,14,16,31H,11-13,17-18H2,1-3H3. The van der Waals surface area contributed by atoms with Crippen molar-refractivity contribution in [2.75, 3.05) is 13.1 Å². The smallest absolute Gasteiger partial charge is 0.101 e. The molecule has 1 aromatic heterocycles. The number of nitrogens with zero attached hydrogens (tertiary/aromatic N) is 3. The summed E-state index contributed by atoms with van der Waals surface area (Å²) in [5, 5.41) is 19.2. The summed E-state index contributed by atoms with van der Waals surface area (Å²) in [5.41, 5.74) is 8.56. The Morgan fingerprint density at radius 2 is 2.00 bits per heavy atom. The number of aromatic nitrogens is 1. The average Bonchev–Trinajstić information content (AvgIpc) is 2.74. The molecule has 0 fully saturated rings. The van der Waals surface area contributed by atoms with Crippen molar-refractivity contribution < 1.29 is 5.11 Å². The molecule has 0 saturated carbocycles. The first-order chi connectivity index (χ1) is 14.8. The van der Waals surface area contributed by atoms with E-state index in [4.69, 9.17) is 5.26 Å². The lowest BCUT2D eigenvalue weighted by atomic mass is 9.89.